The van der Waals surface area contributed by atoms with Gasteiger partial charge in [0.2, 0.25) is 0 Å². The van der Waals surface area contributed by atoms with Crippen LogP contribution in [-0.2, 0) is 16.9 Å². The SMILES string of the molecule is CC(C)(CCN1C(=O)OC(C)(C)c2ccccc21)NC[C@H](O)c1ccc(OCc2ccccc2)c([N+](=O)[O-])c1. The molecule has 3 aromatic carbocycles. The molecular weight excluding hydrogens is 498 g/mol. The smallest absolute Gasteiger partial charge is 0.415 e. The van der Waals surface area contributed by atoms with E-state index in [0.717, 1.165) is 16.8 Å². The minimum Gasteiger partial charge on any atom is -0.482 e. The first kappa shape index (κ1) is 28.1. The van der Waals surface area contributed by atoms with Gasteiger partial charge in [0, 0.05) is 30.3 Å². The largest absolute Gasteiger partial charge is 0.482 e. The molecule has 1 amide bonds. The quantitative estimate of drug-likeness (QED) is 0.234. The molecule has 0 saturated carbocycles. The summed E-state index contributed by atoms with van der Waals surface area (Å²) >= 11 is 0. The van der Waals surface area contributed by atoms with Crippen molar-refractivity contribution in [1.29, 1.82) is 0 Å². The number of benzene rings is 3. The molecule has 0 spiro atoms. The lowest BCUT2D eigenvalue weighted by molar-refractivity contribution is -0.386. The van der Waals surface area contributed by atoms with E-state index in [2.05, 4.69) is 5.32 Å². The van der Waals surface area contributed by atoms with E-state index in [1.807, 2.05) is 82.3 Å². The van der Waals surface area contributed by atoms with Gasteiger partial charge in [0.1, 0.15) is 12.2 Å². The number of ether oxygens (including phenoxy) is 2. The number of carbonyl (C=O) groups is 1. The number of aliphatic hydroxyl groups is 1. The number of cyclic esters (lactones) is 1. The molecule has 0 aliphatic carbocycles. The number of hydrogen-bond donors (Lipinski definition) is 2. The molecule has 0 saturated heterocycles. The van der Waals surface area contributed by atoms with Crippen LogP contribution in [0.25, 0.3) is 0 Å². The van der Waals surface area contributed by atoms with Crippen molar-refractivity contribution in [2.75, 3.05) is 18.0 Å². The molecule has 0 aromatic heterocycles. The molecular formula is C30H35N3O6. The number of amides is 1. The van der Waals surface area contributed by atoms with Gasteiger partial charge < -0.3 is 19.9 Å². The van der Waals surface area contributed by atoms with E-state index < -0.39 is 28.3 Å². The molecule has 9 heteroatoms. The Kier molecular flexibility index (Phi) is 8.22. The van der Waals surface area contributed by atoms with Crippen LogP contribution in [-0.4, -0.2) is 34.8 Å². The number of nitrogens with zero attached hydrogens (tertiary/aromatic N) is 2. The zero-order chi connectivity index (χ0) is 28.2. The first-order chi connectivity index (χ1) is 18.5. The second kappa shape index (κ2) is 11.4. The van der Waals surface area contributed by atoms with E-state index in [0.29, 0.717) is 18.5 Å². The fourth-order valence-electron chi connectivity index (χ4n) is 4.57. The summed E-state index contributed by atoms with van der Waals surface area (Å²) < 4.78 is 11.4. The Hall–Kier alpha value is -3.95. The maximum Gasteiger partial charge on any atom is 0.415 e. The fraction of sp³-hybridized carbons (Fsp3) is 0.367. The van der Waals surface area contributed by atoms with Gasteiger partial charge in [0.15, 0.2) is 5.75 Å². The summed E-state index contributed by atoms with van der Waals surface area (Å²) in [5, 5.41) is 25.9. The summed E-state index contributed by atoms with van der Waals surface area (Å²) in [6, 6.07) is 21.6. The van der Waals surface area contributed by atoms with Gasteiger partial charge in [0.25, 0.3) is 0 Å². The van der Waals surface area contributed by atoms with E-state index >= 15 is 0 Å². The Morgan fingerprint density at radius 2 is 1.79 bits per heavy atom. The number of rotatable bonds is 11. The van der Waals surface area contributed by atoms with Crippen LogP contribution in [0, 0.1) is 10.1 Å². The first-order valence-electron chi connectivity index (χ1n) is 12.9. The maximum absolute atomic E-state index is 12.8. The highest BCUT2D eigenvalue weighted by atomic mass is 16.6. The van der Waals surface area contributed by atoms with Crippen molar-refractivity contribution >= 4 is 17.5 Å². The van der Waals surface area contributed by atoms with E-state index in [4.69, 9.17) is 9.47 Å². The zero-order valence-electron chi connectivity index (χ0n) is 22.7. The molecule has 1 aliphatic rings. The summed E-state index contributed by atoms with van der Waals surface area (Å²) in [5.74, 6) is 0.143. The second-order valence-electron chi connectivity index (χ2n) is 10.8. The number of anilines is 1. The molecule has 3 aromatic rings. The maximum atomic E-state index is 12.8. The van der Waals surface area contributed by atoms with Crippen LogP contribution in [0.2, 0.25) is 0 Å². The zero-order valence-corrected chi connectivity index (χ0v) is 22.7. The van der Waals surface area contributed by atoms with Crippen LogP contribution >= 0.6 is 0 Å². The molecule has 1 aliphatic heterocycles. The molecule has 206 valence electrons. The van der Waals surface area contributed by atoms with Crippen molar-refractivity contribution in [3.8, 4) is 5.75 Å². The molecule has 2 N–H and O–H groups in total. The molecule has 9 nitrogen and oxygen atoms in total. The number of nitro groups is 1. The van der Waals surface area contributed by atoms with Crippen LogP contribution in [0.3, 0.4) is 0 Å². The third-order valence-corrected chi connectivity index (χ3v) is 6.94. The topological polar surface area (TPSA) is 114 Å². The monoisotopic (exact) mass is 533 g/mol. The summed E-state index contributed by atoms with van der Waals surface area (Å²) in [4.78, 5) is 25.6. The number of carbonyl (C=O) groups excluding carboxylic acids is 1. The molecule has 0 radical (unpaired) electrons. The molecule has 0 unspecified atom stereocenters. The highest BCUT2D eigenvalue weighted by Gasteiger charge is 2.38. The van der Waals surface area contributed by atoms with Crippen molar-refractivity contribution < 1.29 is 24.3 Å². The third-order valence-electron chi connectivity index (χ3n) is 6.94. The number of aliphatic hydroxyl groups excluding tert-OH is 1. The van der Waals surface area contributed by atoms with Crippen LogP contribution in [0.1, 0.15) is 56.9 Å². The Labute approximate surface area is 228 Å². The molecule has 39 heavy (non-hydrogen) atoms. The van der Waals surface area contributed by atoms with E-state index in [1.165, 1.54) is 12.1 Å². The van der Waals surface area contributed by atoms with Gasteiger partial charge in [-0.25, -0.2) is 4.79 Å². The number of nitro benzene ring substituents is 1. The number of hydrogen-bond acceptors (Lipinski definition) is 7. The summed E-state index contributed by atoms with van der Waals surface area (Å²) in [6.07, 6.45) is -0.792. The molecule has 1 heterocycles. The Morgan fingerprint density at radius 3 is 2.51 bits per heavy atom. The Morgan fingerprint density at radius 1 is 1.10 bits per heavy atom. The fourth-order valence-corrected chi connectivity index (χ4v) is 4.57. The third kappa shape index (κ3) is 6.74. The minimum atomic E-state index is -0.979. The summed E-state index contributed by atoms with van der Waals surface area (Å²) in [6.45, 7) is 8.50. The molecule has 0 bridgehead atoms. The minimum absolute atomic E-state index is 0.143. The van der Waals surface area contributed by atoms with Crippen molar-refractivity contribution in [2.24, 2.45) is 0 Å². The number of β-amino-alcohol motifs (C(OH)–C–C–N with tert-alkyl or cyclic N) is 1. The average molecular weight is 534 g/mol. The normalized spacial score (nSPS) is 15.3. The van der Waals surface area contributed by atoms with Crippen molar-refractivity contribution in [3.05, 3.63) is 99.6 Å². The number of para-hydroxylation sites is 1. The van der Waals surface area contributed by atoms with Gasteiger partial charge in [0.05, 0.1) is 16.7 Å². The second-order valence-corrected chi connectivity index (χ2v) is 10.8. The van der Waals surface area contributed by atoms with Gasteiger partial charge >= 0.3 is 11.8 Å². The highest BCUT2D eigenvalue weighted by Crippen LogP contribution is 2.39. The van der Waals surface area contributed by atoms with Crippen LogP contribution in [0.5, 0.6) is 5.75 Å². The Bertz CT molecular complexity index is 1330. The van der Waals surface area contributed by atoms with Gasteiger partial charge in [-0.3, -0.25) is 15.0 Å². The predicted octanol–water partition coefficient (Wildman–Crippen LogP) is 5.86. The van der Waals surface area contributed by atoms with Crippen molar-refractivity contribution in [1.82, 2.24) is 5.32 Å². The number of fused-ring (bicyclic) bond motifs is 1. The Balaban J connectivity index is 1.37. The summed E-state index contributed by atoms with van der Waals surface area (Å²) in [7, 11) is 0. The van der Waals surface area contributed by atoms with E-state index in [1.54, 1.807) is 11.0 Å². The average Bonchev–Trinajstić information content (AvgIpc) is 2.90. The molecule has 1 atom stereocenters. The molecule has 4 rings (SSSR count). The molecule has 0 fully saturated rings. The van der Waals surface area contributed by atoms with E-state index in [-0.39, 0.29) is 24.6 Å². The van der Waals surface area contributed by atoms with Gasteiger partial charge in [-0.05, 0) is 57.4 Å². The standard InChI is InChI=1S/C30H35N3O6/c1-29(2,16-17-32-24-13-9-8-12-23(24)30(3,4)39-28(32)35)31-19-26(34)22-14-15-27(25(18-22)33(36)37)38-20-21-10-6-5-7-11-21/h5-15,18,26,31,34H,16-17,19-20H2,1-4H3/t26-/m0/s1. The lowest BCUT2D eigenvalue weighted by atomic mass is 9.93. The van der Waals surface area contributed by atoms with Crippen molar-refractivity contribution in [3.63, 3.8) is 0 Å². The van der Waals surface area contributed by atoms with Crippen molar-refractivity contribution in [2.45, 2.75) is 58.0 Å². The van der Waals surface area contributed by atoms with Crippen LogP contribution < -0.4 is 15.0 Å². The lowest BCUT2D eigenvalue weighted by Gasteiger charge is -2.39. The van der Waals surface area contributed by atoms with Crippen LogP contribution in [0.15, 0.2) is 72.8 Å². The van der Waals surface area contributed by atoms with Gasteiger partial charge in [-0.2, -0.15) is 0 Å². The first-order valence-corrected chi connectivity index (χ1v) is 12.9. The predicted molar refractivity (Wildman–Crippen MR) is 149 cm³/mol. The van der Waals surface area contributed by atoms with Crippen LogP contribution in [0.4, 0.5) is 16.2 Å². The lowest BCUT2D eigenvalue weighted by Crippen LogP contribution is -2.48. The van der Waals surface area contributed by atoms with Gasteiger partial charge in [-0.1, -0.05) is 54.6 Å². The summed E-state index contributed by atoms with van der Waals surface area (Å²) in [5.41, 5.74) is 1.73. The van der Waals surface area contributed by atoms with Gasteiger partial charge in [-0.15, -0.1) is 0 Å². The number of nitrogens with one attached hydrogen (secondary N) is 1. The van der Waals surface area contributed by atoms with E-state index in [9.17, 15) is 20.0 Å². The highest BCUT2D eigenvalue weighted by molar-refractivity contribution is 5.91.